The number of aliphatic hydroxyl groups is 1. The van der Waals surface area contributed by atoms with E-state index >= 15 is 0 Å². The average molecular weight is 183 g/mol. The van der Waals surface area contributed by atoms with Crippen LogP contribution in [0.15, 0.2) is 12.5 Å². The molecule has 1 aromatic heterocycles. The fourth-order valence-corrected chi connectivity index (χ4v) is 0.986. The predicted octanol–water partition coefficient (Wildman–Crippen LogP) is -0.134. The van der Waals surface area contributed by atoms with Crippen LogP contribution < -0.4 is 10.5 Å². The first-order valence-electron chi connectivity index (χ1n) is 3.94. The minimum Gasteiger partial charge on any atom is -0.481 e. The van der Waals surface area contributed by atoms with Crippen molar-refractivity contribution in [3.8, 4) is 5.88 Å². The van der Waals surface area contributed by atoms with Crippen LogP contribution in [0.25, 0.3) is 0 Å². The minimum absolute atomic E-state index is 0.361. The van der Waals surface area contributed by atoms with E-state index in [9.17, 15) is 5.11 Å². The molecule has 1 aromatic rings. The van der Waals surface area contributed by atoms with E-state index in [4.69, 9.17) is 10.5 Å². The van der Waals surface area contributed by atoms with Crippen molar-refractivity contribution in [1.82, 2.24) is 9.97 Å². The fraction of sp³-hybridized carbons (Fsp3) is 0.500. The first kappa shape index (κ1) is 9.88. The Kier molecular flexibility index (Phi) is 3.16. The highest BCUT2D eigenvalue weighted by Crippen LogP contribution is 2.22. The van der Waals surface area contributed by atoms with Crippen molar-refractivity contribution >= 4 is 0 Å². The summed E-state index contributed by atoms with van der Waals surface area (Å²) in [7, 11) is 1.49. The minimum atomic E-state index is -0.795. The number of rotatable bonds is 3. The molecule has 2 atom stereocenters. The molecule has 2 unspecified atom stereocenters. The molecule has 3 N–H and O–H groups in total. The van der Waals surface area contributed by atoms with Crippen LogP contribution in [0.1, 0.15) is 18.6 Å². The van der Waals surface area contributed by atoms with Gasteiger partial charge in [0.05, 0.1) is 12.7 Å². The number of aromatic nitrogens is 2. The number of methoxy groups -OCH3 is 1. The Bertz CT molecular complexity index is 278. The summed E-state index contributed by atoms with van der Waals surface area (Å²) in [4.78, 5) is 7.64. The van der Waals surface area contributed by atoms with Crippen LogP contribution in [0.4, 0.5) is 0 Å². The van der Waals surface area contributed by atoms with Gasteiger partial charge >= 0.3 is 0 Å². The second-order valence-corrected chi connectivity index (χ2v) is 2.79. The highest BCUT2D eigenvalue weighted by molar-refractivity contribution is 5.25. The van der Waals surface area contributed by atoms with Gasteiger partial charge in [0.15, 0.2) is 0 Å². The summed E-state index contributed by atoms with van der Waals surface area (Å²) in [6.07, 6.45) is 2.06. The van der Waals surface area contributed by atoms with E-state index in [1.165, 1.54) is 19.6 Å². The summed E-state index contributed by atoms with van der Waals surface area (Å²) in [6, 6.07) is -0.375. The van der Waals surface area contributed by atoms with Crippen LogP contribution in [0.3, 0.4) is 0 Å². The lowest BCUT2D eigenvalue weighted by atomic mass is 10.1. The van der Waals surface area contributed by atoms with Crippen LogP contribution in [-0.4, -0.2) is 28.2 Å². The van der Waals surface area contributed by atoms with E-state index in [1.54, 1.807) is 6.92 Å². The summed E-state index contributed by atoms with van der Waals surface area (Å²) < 4.78 is 4.95. The first-order chi connectivity index (χ1) is 6.16. The van der Waals surface area contributed by atoms with Gasteiger partial charge in [0.1, 0.15) is 12.4 Å². The zero-order chi connectivity index (χ0) is 9.84. The molecular formula is C8H13N3O2. The summed E-state index contributed by atoms with van der Waals surface area (Å²) in [5.41, 5.74) is 6.04. The molecule has 0 aromatic carbocycles. The van der Waals surface area contributed by atoms with Gasteiger partial charge < -0.3 is 15.6 Å². The molecule has 0 saturated heterocycles. The highest BCUT2D eigenvalue weighted by atomic mass is 16.5. The molecule has 0 amide bonds. The molecule has 0 fully saturated rings. The zero-order valence-electron chi connectivity index (χ0n) is 7.64. The predicted molar refractivity (Wildman–Crippen MR) is 47.2 cm³/mol. The van der Waals surface area contributed by atoms with Crippen molar-refractivity contribution in [2.24, 2.45) is 5.73 Å². The first-order valence-corrected chi connectivity index (χ1v) is 3.94. The monoisotopic (exact) mass is 183 g/mol. The second kappa shape index (κ2) is 4.15. The van der Waals surface area contributed by atoms with E-state index < -0.39 is 6.10 Å². The summed E-state index contributed by atoms with van der Waals surface area (Å²) in [5, 5.41) is 9.62. The molecule has 5 heteroatoms. The third kappa shape index (κ3) is 2.13. The topological polar surface area (TPSA) is 81.3 Å². The largest absolute Gasteiger partial charge is 0.481 e. The lowest BCUT2D eigenvalue weighted by molar-refractivity contribution is 0.148. The second-order valence-electron chi connectivity index (χ2n) is 2.79. The molecule has 5 nitrogen and oxygen atoms in total. The molecule has 0 aliphatic rings. The Morgan fingerprint density at radius 3 is 2.85 bits per heavy atom. The van der Waals surface area contributed by atoms with Gasteiger partial charge in [0.25, 0.3) is 0 Å². The molecule has 1 rings (SSSR count). The molecule has 0 saturated carbocycles. The van der Waals surface area contributed by atoms with Crippen molar-refractivity contribution in [1.29, 1.82) is 0 Å². The lowest BCUT2D eigenvalue weighted by Crippen LogP contribution is -2.25. The molecule has 0 spiro atoms. The van der Waals surface area contributed by atoms with Crippen LogP contribution >= 0.6 is 0 Å². The number of hydrogen-bond acceptors (Lipinski definition) is 5. The third-order valence-corrected chi connectivity index (χ3v) is 1.71. The van der Waals surface area contributed by atoms with Gasteiger partial charge in [0, 0.05) is 12.2 Å². The summed E-state index contributed by atoms with van der Waals surface area (Å²) >= 11 is 0. The Labute approximate surface area is 76.6 Å². The van der Waals surface area contributed by atoms with Gasteiger partial charge in [-0.2, -0.15) is 0 Å². The number of nitrogens with two attached hydrogens (primary N) is 1. The fourth-order valence-electron chi connectivity index (χ4n) is 0.986. The summed E-state index contributed by atoms with van der Waals surface area (Å²) in [6.45, 7) is 1.71. The quantitative estimate of drug-likeness (QED) is 0.682. The van der Waals surface area contributed by atoms with Gasteiger partial charge in [-0.25, -0.2) is 9.97 Å². The smallest absolute Gasteiger partial charge is 0.222 e. The van der Waals surface area contributed by atoms with Gasteiger partial charge in [-0.3, -0.25) is 0 Å². The van der Waals surface area contributed by atoms with Crippen molar-refractivity contribution in [2.45, 2.75) is 19.1 Å². The molecule has 0 aliphatic heterocycles. The SMILES string of the molecule is COc1ncncc1C(O)C(C)N. The van der Waals surface area contributed by atoms with E-state index in [1.807, 2.05) is 0 Å². The number of aliphatic hydroxyl groups excluding tert-OH is 1. The average Bonchev–Trinajstić information content (AvgIpc) is 2.16. The number of hydrogen-bond donors (Lipinski definition) is 2. The Morgan fingerprint density at radius 1 is 1.62 bits per heavy atom. The van der Waals surface area contributed by atoms with Crippen molar-refractivity contribution in [3.63, 3.8) is 0 Å². The Morgan fingerprint density at radius 2 is 2.31 bits per heavy atom. The maximum atomic E-state index is 9.62. The highest BCUT2D eigenvalue weighted by Gasteiger charge is 2.17. The van der Waals surface area contributed by atoms with E-state index in [0.29, 0.717) is 11.4 Å². The maximum Gasteiger partial charge on any atom is 0.222 e. The molecule has 0 bridgehead atoms. The Hall–Kier alpha value is -1.20. The maximum absolute atomic E-state index is 9.62. The van der Waals surface area contributed by atoms with Crippen molar-refractivity contribution in [2.75, 3.05) is 7.11 Å². The van der Waals surface area contributed by atoms with Crippen molar-refractivity contribution < 1.29 is 9.84 Å². The normalized spacial score (nSPS) is 15.1. The van der Waals surface area contributed by atoms with Crippen LogP contribution in [0, 0.1) is 0 Å². The number of nitrogens with zero attached hydrogens (tertiary/aromatic N) is 2. The van der Waals surface area contributed by atoms with E-state index in [-0.39, 0.29) is 6.04 Å². The summed E-state index contributed by atoms with van der Waals surface area (Å²) in [5.74, 6) is 0.361. The van der Waals surface area contributed by atoms with Gasteiger partial charge in [-0.15, -0.1) is 0 Å². The van der Waals surface area contributed by atoms with Crippen LogP contribution in [0.5, 0.6) is 5.88 Å². The van der Waals surface area contributed by atoms with Crippen molar-refractivity contribution in [3.05, 3.63) is 18.1 Å². The standard InChI is InChI=1S/C8H13N3O2/c1-5(9)7(12)6-3-10-4-11-8(6)13-2/h3-5,7,12H,9H2,1-2H3. The van der Waals surface area contributed by atoms with Gasteiger partial charge in [-0.1, -0.05) is 0 Å². The number of ether oxygens (including phenoxy) is 1. The molecule has 0 radical (unpaired) electrons. The van der Waals surface area contributed by atoms with Gasteiger partial charge in [0.2, 0.25) is 5.88 Å². The third-order valence-electron chi connectivity index (χ3n) is 1.71. The molecule has 72 valence electrons. The molecule has 13 heavy (non-hydrogen) atoms. The molecule has 1 heterocycles. The lowest BCUT2D eigenvalue weighted by Gasteiger charge is -2.15. The Balaban J connectivity index is 2.98. The van der Waals surface area contributed by atoms with Crippen LogP contribution in [0.2, 0.25) is 0 Å². The van der Waals surface area contributed by atoms with Crippen LogP contribution in [-0.2, 0) is 0 Å². The zero-order valence-corrected chi connectivity index (χ0v) is 7.64. The van der Waals surface area contributed by atoms with E-state index in [0.717, 1.165) is 0 Å². The molecular weight excluding hydrogens is 170 g/mol. The van der Waals surface area contributed by atoms with E-state index in [2.05, 4.69) is 9.97 Å². The van der Waals surface area contributed by atoms with Gasteiger partial charge in [-0.05, 0) is 6.92 Å². The molecule has 0 aliphatic carbocycles.